The summed E-state index contributed by atoms with van der Waals surface area (Å²) in [4.78, 5) is 16.2. The van der Waals surface area contributed by atoms with Crippen molar-refractivity contribution in [3.8, 4) is 5.75 Å². The predicted molar refractivity (Wildman–Crippen MR) is 61.2 cm³/mol. The van der Waals surface area contributed by atoms with Crippen LogP contribution in [-0.2, 0) is 16.0 Å². The topological polar surface area (TPSA) is 43.4 Å². The molecule has 3 heteroatoms. The number of ether oxygens (including phenoxy) is 1. The smallest absolute Gasteiger partial charge is 0.373 e. The van der Waals surface area contributed by atoms with Gasteiger partial charge in [-0.05, 0) is 24.5 Å². The molecule has 3 nitrogen and oxygen atoms in total. The molecule has 16 heavy (non-hydrogen) atoms. The maximum absolute atomic E-state index is 8.12. The van der Waals surface area contributed by atoms with Crippen LogP contribution in [0, 0.1) is 0 Å². The minimum absolute atomic E-state index is 0.250. The molecule has 0 unspecified atom stereocenters. The first-order valence-corrected chi connectivity index (χ1v) is 5.50. The molecule has 1 aromatic rings. The summed E-state index contributed by atoms with van der Waals surface area (Å²) in [5.74, 6) is 1.05. The number of hydrogen-bond acceptors (Lipinski definition) is 3. The van der Waals surface area contributed by atoms with Gasteiger partial charge in [0.05, 0.1) is 6.61 Å². The molecule has 0 aliphatic rings. The second-order valence-corrected chi connectivity index (χ2v) is 3.25. The highest BCUT2D eigenvalue weighted by Crippen LogP contribution is 2.18. The fraction of sp³-hybridized carbons (Fsp3) is 0.462. The summed E-state index contributed by atoms with van der Waals surface area (Å²) in [6, 6.07) is 8.27. The van der Waals surface area contributed by atoms with Crippen molar-refractivity contribution in [1.29, 1.82) is 0 Å². The lowest BCUT2D eigenvalue weighted by Gasteiger charge is -2.09. The summed E-state index contributed by atoms with van der Waals surface area (Å²) in [7, 11) is 0. The van der Waals surface area contributed by atoms with Gasteiger partial charge in [0.2, 0.25) is 0 Å². The number of carbonyl (C=O) groups excluding carboxylic acids is 2. The Balaban J connectivity index is 0.000000673. The Morgan fingerprint density at radius 1 is 1.19 bits per heavy atom. The van der Waals surface area contributed by atoms with Crippen molar-refractivity contribution in [2.24, 2.45) is 0 Å². The highest BCUT2D eigenvalue weighted by molar-refractivity contribution is 5.33. The molecule has 0 fully saturated rings. The largest absolute Gasteiger partial charge is 0.493 e. The first-order chi connectivity index (χ1) is 7.79. The van der Waals surface area contributed by atoms with Gasteiger partial charge in [-0.1, -0.05) is 38.5 Å². The molecule has 0 radical (unpaired) electrons. The van der Waals surface area contributed by atoms with Crippen LogP contribution >= 0.6 is 0 Å². The molecule has 0 amide bonds. The normalized spacial score (nSPS) is 8.62. The summed E-state index contributed by atoms with van der Waals surface area (Å²) >= 11 is 0. The van der Waals surface area contributed by atoms with E-state index in [2.05, 4.69) is 32.0 Å². The maximum Gasteiger partial charge on any atom is 0.373 e. The van der Waals surface area contributed by atoms with E-state index in [0.29, 0.717) is 0 Å². The van der Waals surface area contributed by atoms with Crippen LogP contribution < -0.4 is 4.74 Å². The van der Waals surface area contributed by atoms with E-state index in [4.69, 9.17) is 14.3 Å². The van der Waals surface area contributed by atoms with E-state index in [1.165, 1.54) is 12.0 Å². The number of hydrogen-bond donors (Lipinski definition) is 0. The molecule has 88 valence electrons. The van der Waals surface area contributed by atoms with Gasteiger partial charge < -0.3 is 4.74 Å². The van der Waals surface area contributed by atoms with Crippen LogP contribution in [-0.4, -0.2) is 12.8 Å². The van der Waals surface area contributed by atoms with Gasteiger partial charge in [0.1, 0.15) is 5.75 Å². The predicted octanol–water partition coefficient (Wildman–Crippen LogP) is 2.84. The lowest BCUT2D eigenvalue weighted by molar-refractivity contribution is -0.191. The lowest BCUT2D eigenvalue weighted by Crippen LogP contribution is -1.98. The van der Waals surface area contributed by atoms with E-state index in [9.17, 15) is 0 Å². The average molecular weight is 222 g/mol. The quantitative estimate of drug-likeness (QED) is 0.719. The number of unbranched alkanes of at least 4 members (excludes halogenated alkanes) is 1. The molecule has 0 saturated heterocycles. The summed E-state index contributed by atoms with van der Waals surface area (Å²) < 4.78 is 5.67. The Labute approximate surface area is 96.4 Å². The van der Waals surface area contributed by atoms with Gasteiger partial charge in [-0.2, -0.15) is 9.59 Å². The second kappa shape index (κ2) is 9.94. The van der Waals surface area contributed by atoms with Crippen molar-refractivity contribution in [2.45, 2.75) is 33.1 Å². The van der Waals surface area contributed by atoms with Gasteiger partial charge in [-0.25, -0.2) is 0 Å². The summed E-state index contributed by atoms with van der Waals surface area (Å²) in [6.45, 7) is 5.17. The average Bonchev–Trinajstić information content (AvgIpc) is 2.31. The number of aryl methyl sites for hydroxylation is 1. The number of benzene rings is 1. The van der Waals surface area contributed by atoms with Gasteiger partial charge in [0, 0.05) is 0 Å². The third kappa shape index (κ3) is 5.99. The van der Waals surface area contributed by atoms with Crippen LogP contribution in [0.3, 0.4) is 0 Å². The minimum Gasteiger partial charge on any atom is -0.493 e. The molecule has 0 saturated carbocycles. The summed E-state index contributed by atoms with van der Waals surface area (Å²) in [5, 5.41) is 0. The van der Waals surface area contributed by atoms with Crippen molar-refractivity contribution >= 4 is 6.15 Å². The first kappa shape index (κ1) is 14.4. The van der Waals surface area contributed by atoms with Crippen molar-refractivity contribution in [3.63, 3.8) is 0 Å². The van der Waals surface area contributed by atoms with Gasteiger partial charge in [-0.3, -0.25) is 0 Å². The van der Waals surface area contributed by atoms with E-state index in [1.807, 2.05) is 6.07 Å². The summed E-state index contributed by atoms with van der Waals surface area (Å²) in [5.41, 5.74) is 1.30. The molecule has 1 aromatic carbocycles. The highest BCUT2D eigenvalue weighted by atomic mass is 16.5. The van der Waals surface area contributed by atoms with Crippen molar-refractivity contribution in [3.05, 3.63) is 29.8 Å². The molecule has 0 aromatic heterocycles. The zero-order valence-corrected chi connectivity index (χ0v) is 9.86. The fourth-order valence-electron chi connectivity index (χ4n) is 1.26. The van der Waals surface area contributed by atoms with Crippen molar-refractivity contribution in [2.75, 3.05) is 6.61 Å². The van der Waals surface area contributed by atoms with E-state index in [-0.39, 0.29) is 6.15 Å². The van der Waals surface area contributed by atoms with Crippen LogP contribution in [0.15, 0.2) is 24.3 Å². The fourth-order valence-corrected chi connectivity index (χ4v) is 1.26. The number of rotatable bonds is 5. The molecule has 0 aliphatic heterocycles. The SMILES string of the molecule is CCCCOc1ccccc1CC.O=C=O. The van der Waals surface area contributed by atoms with Gasteiger partial charge >= 0.3 is 6.15 Å². The Hall–Kier alpha value is -1.60. The molecule has 0 bridgehead atoms. The van der Waals surface area contributed by atoms with Gasteiger partial charge in [-0.15, -0.1) is 0 Å². The Morgan fingerprint density at radius 2 is 1.81 bits per heavy atom. The molecular formula is C13H18O3. The minimum atomic E-state index is 0.250. The van der Waals surface area contributed by atoms with E-state index < -0.39 is 0 Å². The third-order valence-electron chi connectivity index (χ3n) is 2.11. The van der Waals surface area contributed by atoms with Gasteiger partial charge in [0.25, 0.3) is 0 Å². The number of para-hydroxylation sites is 1. The van der Waals surface area contributed by atoms with Crippen LogP contribution in [0.4, 0.5) is 0 Å². The molecule has 0 N–H and O–H groups in total. The molecule has 0 atom stereocenters. The zero-order chi connectivity index (χ0) is 12.2. The Bertz CT molecular complexity index is 315. The second-order valence-electron chi connectivity index (χ2n) is 3.25. The van der Waals surface area contributed by atoms with Crippen LogP contribution in [0.2, 0.25) is 0 Å². The molecular weight excluding hydrogens is 204 g/mol. The van der Waals surface area contributed by atoms with Crippen molar-refractivity contribution < 1.29 is 14.3 Å². The Kier molecular flexibility index (Phi) is 8.94. The lowest BCUT2D eigenvalue weighted by atomic mass is 10.1. The standard InChI is InChI=1S/C12H18O.CO2/c1-3-5-10-13-12-9-7-6-8-11(12)4-2;2-1-3/h6-9H,3-5,10H2,1-2H3;. The highest BCUT2D eigenvalue weighted by Gasteiger charge is 1.98. The van der Waals surface area contributed by atoms with E-state index in [0.717, 1.165) is 25.2 Å². The Morgan fingerprint density at radius 3 is 2.38 bits per heavy atom. The third-order valence-corrected chi connectivity index (χ3v) is 2.11. The van der Waals surface area contributed by atoms with Gasteiger partial charge in [0.15, 0.2) is 0 Å². The monoisotopic (exact) mass is 222 g/mol. The van der Waals surface area contributed by atoms with Crippen LogP contribution in [0.1, 0.15) is 32.3 Å². The first-order valence-electron chi connectivity index (χ1n) is 5.50. The van der Waals surface area contributed by atoms with E-state index >= 15 is 0 Å². The zero-order valence-electron chi connectivity index (χ0n) is 9.86. The molecule has 0 heterocycles. The molecule has 0 spiro atoms. The van der Waals surface area contributed by atoms with Crippen LogP contribution in [0.25, 0.3) is 0 Å². The van der Waals surface area contributed by atoms with Crippen molar-refractivity contribution in [1.82, 2.24) is 0 Å². The van der Waals surface area contributed by atoms with Crippen LogP contribution in [0.5, 0.6) is 5.75 Å². The maximum atomic E-state index is 8.12. The summed E-state index contributed by atoms with van der Waals surface area (Å²) in [6.07, 6.45) is 3.62. The molecule has 0 aliphatic carbocycles. The van der Waals surface area contributed by atoms with E-state index in [1.54, 1.807) is 0 Å². The molecule has 1 rings (SSSR count).